The predicted octanol–water partition coefficient (Wildman–Crippen LogP) is 2.40. The largest absolute Gasteiger partial charge is 0.497 e. The van der Waals surface area contributed by atoms with Crippen molar-refractivity contribution in [2.45, 2.75) is 32.2 Å². The lowest BCUT2D eigenvalue weighted by atomic mass is 10.0. The van der Waals surface area contributed by atoms with E-state index >= 15 is 0 Å². The van der Waals surface area contributed by atoms with Crippen molar-refractivity contribution in [2.24, 2.45) is 0 Å². The van der Waals surface area contributed by atoms with Crippen molar-refractivity contribution in [1.82, 2.24) is 9.80 Å². The minimum absolute atomic E-state index is 0.0804. The molecule has 0 radical (unpaired) electrons. The lowest BCUT2D eigenvalue weighted by molar-refractivity contribution is -0.127. The summed E-state index contributed by atoms with van der Waals surface area (Å²) in [7, 11) is 3.75. The van der Waals surface area contributed by atoms with Crippen molar-refractivity contribution in [3.05, 3.63) is 35.9 Å². The van der Waals surface area contributed by atoms with Gasteiger partial charge in [0.05, 0.1) is 7.11 Å². The number of rotatable bonds is 7. The summed E-state index contributed by atoms with van der Waals surface area (Å²) in [5.74, 6) is 0.876. The van der Waals surface area contributed by atoms with Crippen molar-refractivity contribution >= 4 is 11.5 Å². The maximum atomic E-state index is 12.6. The highest BCUT2D eigenvalue weighted by molar-refractivity contribution is 5.95. The van der Waals surface area contributed by atoms with E-state index in [0.29, 0.717) is 6.04 Å². The van der Waals surface area contributed by atoms with E-state index in [4.69, 9.17) is 9.84 Å². The van der Waals surface area contributed by atoms with E-state index in [1.54, 1.807) is 13.2 Å². The molecule has 0 atom stereocenters. The molecule has 25 heavy (non-hydrogen) atoms. The average molecular weight is 346 g/mol. The number of piperidine rings is 1. The fraction of sp³-hybridized carbons (Fsp3) is 0.550. The summed E-state index contributed by atoms with van der Waals surface area (Å²) in [4.78, 5) is 16.8. The van der Waals surface area contributed by atoms with Crippen molar-refractivity contribution < 1.29 is 14.6 Å². The van der Waals surface area contributed by atoms with Crippen LogP contribution in [0.4, 0.5) is 0 Å². The molecule has 2 rings (SSSR count). The molecule has 5 heteroatoms. The number of hydrogen-bond donors (Lipinski definition) is 1. The third-order valence-corrected chi connectivity index (χ3v) is 4.93. The fourth-order valence-corrected chi connectivity index (χ4v) is 3.26. The van der Waals surface area contributed by atoms with Crippen LogP contribution in [-0.2, 0) is 4.79 Å². The second kappa shape index (κ2) is 9.59. The van der Waals surface area contributed by atoms with E-state index in [-0.39, 0.29) is 12.5 Å². The molecule has 1 fully saturated rings. The molecule has 0 aliphatic carbocycles. The normalized spacial score (nSPS) is 16.4. The molecule has 1 aliphatic heterocycles. The van der Waals surface area contributed by atoms with Crippen LogP contribution in [-0.4, -0.2) is 67.3 Å². The summed E-state index contributed by atoms with van der Waals surface area (Å²) in [5.41, 5.74) is 1.96. The number of hydrogen-bond acceptors (Lipinski definition) is 4. The summed E-state index contributed by atoms with van der Waals surface area (Å²) < 4.78 is 5.25. The Morgan fingerprint density at radius 3 is 2.76 bits per heavy atom. The van der Waals surface area contributed by atoms with Gasteiger partial charge in [0.2, 0.25) is 5.91 Å². The SMILES string of the molecule is COc1cccc(/C(C)=C/C(=O)N2CCC(N(C)CCCO)CC2)c1. The summed E-state index contributed by atoms with van der Waals surface area (Å²) in [6.45, 7) is 4.67. The minimum Gasteiger partial charge on any atom is -0.497 e. The van der Waals surface area contributed by atoms with Crippen molar-refractivity contribution in [3.63, 3.8) is 0 Å². The van der Waals surface area contributed by atoms with Crippen LogP contribution in [0.3, 0.4) is 0 Å². The highest BCUT2D eigenvalue weighted by atomic mass is 16.5. The van der Waals surface area contributed by atoms with E-state index in [1.165, 1.54) is 0 Å². The quantitative estimate of drug-likeness (QED) is 0.771. The number of allylic oxidation sites excluding steroid dienone is 1. The Morgan fingerprint density at radius 1 is 1.40 bits per heavy atom. The van der Waals surface area contributed by atoms with Crippen LogP contribution in [0.5, 0.6) is 5.75 Å². The van der Waals surface area contributed by atoms with Crippen molar-refractivity contribution in [3.8, 4) is 5.75 Å². The lowest BCUT2D eigenvalue weighted by Gasteiger charge is -2.36. The Bertz CT molecular complexity index is 592. The highest BCUT2D eigenvalue weighted by Crippen LogP contribution is 2.21. The molecule has 1 amide bonds. The molecule has 1 aliphatic rings. The first-order chi connectivity index (χ1) is 12.0. The molecule has 1 saturated heterocycles. The van der Waals surface area contributed by atoms with Gasteiger partial charge in [-0.2, -0.15) is 0 Å². The smallest absolute Gasteiger partial charge is 0.246 e. The number of nitrogens with zero attached hydrogens (tertiary/aromatic N) is 2. The zero-order valence-corrected chi connectivity index (χ0v) is 15.6. The van der Waals surface area contributed by atoms with Crippen LogP contribution in [0.25, 0.3) is 5.57 Å². The second-order valence-electron chi connectivity index (χ2n) is 6.67. The Labute approximate surface area is 150 Å². The van der Waals surface area contributed by atoms with E-state index in [9.17, 15) is 4.79 Å². The Balaban J connectivity index is 1.91. The van der Waals surface area contributed by atoms with Gasteiger partial charge >= 0.3 is 0 Å². The first-order valence-corrected chi connectivity index (χ1v) is 8.98. The number of carbonyl (C=O) groups is 1. The maximum absolute atomic E-state index is 12.6. The zero-order valence-electron chi connectivity index (χ0n) is 15.6. The summed E-state index contributed by atoms with van der Waals surface area (Å²) in [6, 6.07) is 8.27. The van der Waals surface area contributed by atoms with E-state index in [1.807, 2.05) is 36.1 Å². The van der Waals surface area contributed by atoms with Gasteiger partial charge in [0.15, 0.2) is 0 Å². The molecule has 0 spiro atoms. The number of benzene rings is 1. The summed E-state index contributed by atoms with van der Waals surface area (Å²) >= 11 is 0. The molecule has 1 heterocycles. The second-order valence-corrected chi connectivity index (χ2v) is 6.67. The van der Waals surface area contributed by atoms with Gasteiger partial charge in [0, 0.05) is 38.4 Å². The third kappa shape index (κ3) is 5.58. The van der Waals surface area contributed by atoms with Crippen LogP contribution >= 0.6 is 0 Å². The number of aliphatic hydroxyl groups is 1. The number of methoxy groups -OCH3 is 1. The predicted molar refractivity (Wildman–Crippen MR) is 101 cm³/mol. The Kier molecular flexibility index (Phi) is 7.47. The molecule has 5 nitrogen and oxygen atoms in total. The van der Waals surface area contributed by atoms with E-state index in [2.05, 4.69) is 11.9 Å². The monoisotopic (exact) mass is 346 g/mol. The van der Waals surface area contributed by atoms with Crippen LogP contribution in [0, 0.1) is 0 Å². The zero-order chi connectivity index (χ0) is 18.2. The van der Waals surface area contributed by atoms with Crippen molar-refractivity contribution in [2.75, 3.05) is 40.4 Å². The molecular weight excluding hydrogens is 316 g/mol. The number of ether oxygens (including phenoxy) is 1. The van der Waals surface area contributed by atoms with Gasteiger partial charge in [-0.25, -0.2) is 0 Å². The molecule has 0 aromatic heterocycles. The van der Waals surface area contributed by atoms with Gasteiger partial charge in [-0.15, -0.1) is 0 Å². The van der Waals surface area contributed by atoms with Gasteiger partial charge in [0.25, 0.3) is 0 Å². The van der Waals surface area contributed by atoms with Crippen LogP contribution < -0.4 is 4.74 Å². The number of amides is 1. The molecule has 138 valence electrons. The Hall–Kier alpha value is -1.85. The third-order valence-electron chi connectivity index (χ3n) is 4.93. The van der Waals surface area contributed by atoms with Crippen LogP contribution in [0.2, 0.25) is 0 Å². The van der Waals surface area contributed by atoms with Gasteiger partial charge in [-0.05, 0) is 56.5 Å². The summed E-state index contributed by atoms with van der Waals surface area (Å²) in [6.07, 6.45) is 4.50. The lowest BCUT2D eigenvalue weighted by Crippen LogP contribution is -2.45. The van der Waals surface area contributed by atoms with E-state index < -0.39 is 0 Å². The molecule has 1 N–H and O–H groups in total. The topological polar surface area (TPSA) is 53.0 Å². The number of aliphatic hydroxyl groups excluding tert-OH is 1. The molecule has 0 unspecified atom stereocenters. The Morgan fingerprint density at radius 2 is 2.12 bits per heavy atom. The molecule has 1 aromatic carbocycles. The number of likely N-dealkylation sites (tertiary alicyclic amines) is 1. The minimum atomic E-state index is 0.0804. The van der Waals surface area contributed by atoms with Crippen LogP contribution in [0.15, 0.2) is 30.3 Å². The first kappa shape index (κ1) is 19.5. The maximum Gasteiger partial charge on any atom is 0.246 e. The van der Waals surface area contributed by atoms with E-state index in [0.717, 1.165) is 55.8 Å². The summed E-state index contributed by atoms with van der Waals surface area (Å²) in [5, 5.41) is 8.95. The molecular formula is C20H30N2O3. The van der Waals surface area contributed by atoms with Gasteiger partial charge in [-0.1, -0.05) is 12.1 Å². The van der Waals surface area contributed by atoms with Crippen LogP contribution in [0.1, 0.15) is 31.7 Å². The average Bonchev–Trinajstić information content (AvgIpc) is 2.66. The highest BCUT2D eigenvalue weighted by Gasteiger charge is 2.24. The molecule has 0 saturated carbocycles. The molecule has 0 bridgehead atoms. The standard InChI is InChI=1S/C20H30N2O3/c1-16(17-6-4-7-19(15-17)25-3)14-20(24)22-11-8-18(9-12-22)21(2)10-5-13-23/h4,6-7,14-15,18,23H,5,8-13H2,1-3H3/b16-14+. The fourth-order valence-electron chi connectivity index (χ4n) is 3.26. The first-order valence-electron chi connectivity index (χ1n) is 8.98. The van der Waals surface area contributed by atoms with Crippen molar-refractivity contribution in [1.29, 1.82) is 0 Å². The number of carbonyl (C=O) groups excluding carboxylic acids is 1. The van der Waals surface area contributed by atoms with Gasteiger partial charge in [0.1, 0.15) is 5.75 Å². The van der Waals surface area contributed by atoms with Gasteiger partial charge in [-0.3, -0.25) is 4.79 Å². The molecule has 1 aromatic rings. The van der Waals surface area contributed by atoms with Gasteiger partial charge < -0.3 is 19.6 Å².